The Morgan fingerprint density at radius 2 is 1.94 bits per heavy atom. The molecule has 0 saturated carbocycles. The minimum Gasteiger partial charge on any atom is -0.356 e. The molecule has 1 fully saturated rings. The van der Waals surface area contributed by atoms with Crippen LogP contribution in [-0.2, 0) is 0 Å². The van der Waals surface area contributed by atoms with Crippen molar-refractivity contribution in [1.82, 2.24) is 4.98 Å². The van der Waals surface area contributed by atoms with Gasteiger partial charge in [-0.25, -0.2) is 4.98 Å². The van der Waals surface area contributed by atoms with Gasteiger partial charge in [0.05, 0.1) is 0 Å². The van der Waals surface area contributed by atoms with Gasteiger partial charge in [0, 0.05) is 25.3 Å². The van der Waals surface area contributed by atoms with Crippen LogP contribution in [0.15, 0.2) is 12.3 Å². The van der Waals surface area contributed by atoms with E-state index < -0.39 is 0 Å². The van der Waals surface area contributed by atoms with Crippen LogP contribution < -0.4 is 10.6 Å². The van der Waals surface area contributed by atoms with Crippen molar-refractivity contribution in [3.63, 3.8) is 0 Å². The molecule has 3 heteroatoms. The summed E-state index contributed by atoms with van der Waals surface area (Å²) in [5.41, 5.74) is 8.49. The monoisotopic (exact) mass is 247 g/mol. The van der Waals surface area contributed by atoms with Crippen LogP contribution in [0.25, 0.3) is 0 Å². The van der Waals surface area contributed by atoms with Gasteiger partial charge >= 0.3 is 0 Å². The molecule has 1 aliphatic heterocycles. The number of nitrogens with zero attached hydrogens (tertiary/aromatic N) is 2. The standard InChI is InChI=1S/C15H25N3/c1-3-14(16)13-10-12(2)15(17-11-13)18-8-6-4-5-7-9-18/h10-11,14H,3-9,16H2,1-2H3. The second-order valence-electron chi connectivity index (χ2n) is 5.33. The van der Waals surface area contributed by atoms with Crippen LogP contribution in [0.2, 0.25) is 0 Å². The Balaban J connectivity index is 2.18. The van der Waals surface area contributed by atoms with E-state index in [-0.39, 0.29) is 6.04 Å². The van der Waals surface area contributed by atoms with Gasteiger partial charge in [0.1, 0.15) is 5.82 Å². The Morgan fingerprint density at radius 1 is 1.28 bits per heavy atom. The number of aryl methyl sites for hydroxylation is 1. The van der Waals surface area contributed by atoms with E-state index in [4.69, 9.17) is 5.73 Å². The van der Waals surface area contributed by atoms with Crippen LogP contribution in [0.5, 0.6) is 0 Å². The van der Waals surface area contributed by atoms with Gasteiger partial charge in [-0.05, 0) is 43.4 Å². The molecular weight excluding hydrogens is 222 g/mol. The van der Waals surface area contributed by atoms with Crippen LogP contribution in [0.3, 0.4) is 0 Å². The molecular formula is C15H25N3. The highest BCUT2D eigenvalue weighted by Crippen LogP contribution is 2.24. The normalized spacial score (nSPS) is 18.5. The first-order chi connectivity index (χ1) is 8.72. The molecule has 18 heavy (non-hydrogen) atoms. The minimum atomic E-state index is 0.120. The zero-order valence-corrected chi connectivity index (χ0v) is 11.7. The summed E-state index contributed by atoms with van der Waals surface area (Å²) in [6, 6.07) is 2.33. The Kier molecular flexibility index (Phi) is 4.59. The smallest absolute Gasteiger partial charge is 0.131 e. The summed E-state index contributed by atoms with van der Waals surface area (Å²) >= 11 is 0. The van der Waals surface area contributed by atoms with E-state index in [2.05, 4.69) is 29.8 Å². The Hall–Kier alpha value is -1.09. The SMILES string of the molecule is CCC(N)c1cnc(N2CCCCCC2)c(C)c1. The summed E-state index contributed by atoms with van der Waals surface area (Å²) in [7, 11) is 0. The maximum Gasteiger partial charge on any atom is 0.131 e. The van der Waals surface area contributed by atoms with Crippen molar-refractivity contribution in [2.24, 2.45) is 5.73 Å². The molecule has 1 atom stereocenters. The number of anilines is 1. The van der Waals surface area contributed by atoms with Crippen molar-refractivity contribution >= 4 is 5.82 Å². The fourth-order valence-electron chi connectivity index (χ4n) is 2.64. The van der Waals surface area contributed by atoms with Crippen LogP contribution in [0.1, 0.15) is 56.2 Å². The lowest BCUT2D eigenvalue weighted by Crippen LogP contribution is -2.26. The Labute approximate surface area is 110 Å². The lowest BCUT2D eigenvalue weighted by Gasteiger charge is -2.24. The van der Waals surface area contributed by atoms with Gasteiger partial charge in [-0.1, -0.05) is 19.8 Å². The fraction of sp³-hybridized carbons (Fsp3) is 0.667. The number of hydrogen-bond donors (Lipinski definition) is 1. The lowest BCUT2D eigenvalue weighted by atomic mass is 10.1. The number of rotatable bonds is 3. The fourth-order valence-corrected chi connectivity index (χ4v) is 2.64. The molecule has 1 aliphatic rings. The zero-order valence-electron chi connectivity index (χ0n) is 11.7. The van der Waals surface area contributed by atoms with Crippen LogP contribution in [0.4, 0.5) is 5.82 Å². The van der Waals surface area contributed by atoms with Crippen molar-refractivity contribution in [1.29, 1.82) is 0 Å². The second-order valence-corrected chi connectivity index (χ2v) is 5.33. The third-order valence-electron chi connectivity index (χ3n) is 3.85. The van der Waals surface area contributed by atoms with Gasteiger partial charge < -0.3 is 10.6 Å². The molecule has 0 bridgehead atoms. The highest BCUT2D eigenvalue weighted by molar-refractivity contribution is 5.47. The van der Waals surface area contributed by atoms with Crippen molar-refractivity contribution in [2.75, 3.05) is 18.0 Å². The number of nitrogens with two attached hydrogens (primary N) is 1. The number of pyridine rings is 1. The molecule has 2 heterocycles. The largest absolute Gasteiger partial charge is 0.356 e. The summed E-state index contributed by atoms with van der Waals surface area (Å²) in [6.45, 7) is 6.56. The van der Waals surface area contributed by atoms with Gasteiger partial charge in [0.15, 0.2) is 0 Å². The van der Waals surface area contributed by atoms with Crippen molar-refractivity contribution in [3.05, 3.63) is 23.4 Å². The van der Waals surface area contributed by atoms with Crippen LogP contribution in [-0.4, -0.2) is 18.1 Å². The van der Waals surface area contributed by atoms with E-state index >= 15 is 0 Å². The van der Waals surface area contributed by atoms with E-state index in [0.717, 1.165) is 30.9 Å². The third kappa shape index (κ3) is 3.02. The molecule has 100 valence electrons. The predicted octanol–water partition coefficient (Wildman–Crippen LogP) is 3.18. The first-order valence-electron chi connectivity index (χ1n) is 7.19. The molecule has 3 nitrogen and oxygen atoms in total. The highest BCUT2D eigenvalue weighted by atomic mass is 15.2. The van der Waals surface area contributed by atoms with Gasteiger partial charge in [0.25, 0.3) is 0 Å². The van der Waals surface area contributed by atoms with Crippen molar-refractivity contribution in [2.45, 2.75) is 52.0 Å². The summed E-state index contributed by atoms with van der Waals surface area (Å²) in [5.74, 6) is 1.16. The molecule has 0 spiro atoms. The molecule has 0 aliphatic carbocycles. The summed E-state index contributed by atoms with van der Waals surface area (Å²) in [6.07, 6.45) is 8.21. The zero-order chi connectivity index (χ0) is 13.0. The molecule has 0 radical (unpaired) electrons. The van der Waals surface area contributed by atoms with E-state index in [9.17, 15) is 0 Å². The molecule has 2 rings (SSSR count). The van der Waals surface area contributed by atoms with Crippen LogP contribution >= 0.6 is 0 Å². The van der Waals surface area contributed by atoms with Crippen LogP contribution in [0, 0.1) is 6.92 Å². The van der Waals surface area contributed by atoms with E-state index in [1.54, 1.807) is 0 Å². The number of hydrogen-bond acceptors (Lipinski definition) is 3. The molecule has 1 aromatic heterocycles. The second kappa shape index (κ2) is 6.19. The lowest BCUT2D eigenvalue weighted by molar-refractivity contribution is 0.692. The molecule has 1 saturated heterocycles. The molecule has 1 unspecified atom stereocenters. The van der Waals surface area contributed by atoms with E-state index in [1.165, 1.54) is 31.2 Å². The van der Waals surface area contributed by atoms with Crippen molar-refractivity contribution < 1.29 is 0 Å². The average molecular weight is 247 g/mol. The minimum absolute atomic E-state index is 0.120. The summed E-state index contributed by atoms with van der Waals surface area (Å²) in [5, 5.41) is 0. The van der Waals surface area contributed by atoms with E-state index in [0.29, 0.717) is 0 Å². The predicted molar refractivity (Wildman–Crippen MR) is 76.9 cm³/mol. The summed E-state index contributed by atoms with van der Waals surface area (Å²) in [4.78, 5) is 7.09. The average Bonchev–Trinajstić information content (AvgIpc) is 2.66. The highest BCUT2D eigenvalue weighted by Gasteiger charge is 2.14. The topological polar surface area (TPSA) is 42.1 Å². The first-order valence-corrected chi connectivity index (χ1v) is 7.19. The van der Waals surface area contributed by atoms with Gasteiger partial charge in [-0.3, -0.25) is 0 Å². The maximum atomic E-state index is 6.06. The summed E-state index contributed by atoms with van der Waals surface area (Å²) < 4.78 is 0. The molecule has 0 aromatic carbocycles. The quantitative estimate of drug-likeness (QED) is 0.892. The van der Waals surface area contributed by atoms with Gasteiger partial charge in [-0.15, -0.1) is 0 Å². The molecule has 1 aromatic rings. The van der Waals surface area contributed by atoms with Gasteiger partial charge in [0.2, 0.25) is 0 Å². The third-order valence-corrected chi connectivity index (χ3v) is 3.85. The first kappa shape index (κ1) is 13.3. The maximum absolute atomic E-state index is 6.06. The van der Waals surface area contributed by atoms with E-state index in [1.807, 2.05) is 6.20 Å². The molecule has 0 amide bonds. The van der Waals surface area contributed by atoms with Gasteiger partial charge in [-0.2, -0.15) is 0 Å². The molecule has 2 N–H and O–H groups in total. The van der Waals surface area contributed by atoms with Crippen molar-refractivity contribution in [3.8, 4) is 0 Å². The Bertz CT molecular complexity index is 381. The number of aromatic nitrogens is 1. The Morgan fingerprint density at radius 3 is 2.50 bits per heavy atom.